The zero-order valence-corrected chi connectivity index (χ0v) is 18.0. The number of anilines is 1. The number of amides is 1. The van der Waals surface area contributed by atoms with Crippen LogP contribution in [-0.2, 0) is 21.4 Å². The molecule has 0 radical (unpaired) electrons. The standard InChI is InChI=1S/C20H21N3O5S2/c1-29-15-6-4-5-14(11-15)21-19(24)13-23-17-8-7-16(12-18(17)28-20(23)25)30(26,27)22-9-2-3-10-22/h4-8,11-12H,2-3,9-10,13H2,1H3,(H,21,24). The minimum absolute atomic E-state index is 0.0798. The first-order chi connectivity index (χ1) is 14.4. The van der Waals surface area contributed by atoms with Gasteiger partial charge in [0.2, 0.25) is 15.9 Å². The molecule has 2 heterocycles. The second kappa shape index (κ2) is 8.29. The summed E-state index contributed by atoms with van der Waals surface area (Å²) in [5.41, 5.74) is 1.14. The molecule has 1 aromatic heterocycles. The second-order valence-corrected chi connectivity index (χ2v) is 9.79. The summed E-state index contributed by atoms with van der Waals surface area (Å²) in [6.07, 6.45) is 3.61. The van der Waals surface area contributed by atoms with Crippen LogP contribution in [0.5, 0.6) is 0 Å². The SMILES string of the molecule is CSc1cccc(NC(=O)Cn2c(=O)oc3cc(S(=O)(=O)N4CCCC4)ccc32)c1. The topological polar surface area (TPSA) is 102 Å². The Kier molecular flexibility index (Phi) is 5.72. The molecule has 1 N–H and O–H groups in total. The van der Waals surface area contributed by atoms with E-state index in [1.165, 1.54) is 27.1 Å². The molecule has 0 spiro atoms. The van der Waals surface area contributed by atoms with Gasteiger partial charge in [0, 0.05) is 29.7 Å². The Balaban J connectivity index is 1.58. The minimum Gasteiger partial charge on any atom is -0.408 e. The Hall–Kier alpha value is -2.56. The number of oxazole rings is 1. The van der Waals surface area contributed by atoms with Crippen molar-refractivity contribution in [2.75, 3.05) is 24.7 Å². The van der Waals surface area contributed by atoms with E-state index in [-0.39, 0.29) is 22.9 Å². The van der Waals surface area contributed by atoms with Crippen LogP contribution in [0.1, 0.15) is 12.8 Å². The van der Waals surface area contributed by atoms with Gasteiger partial charge in [0.15, 0.2) is 5.58 Å². The molecule has 0 aliphatic carbocycles. The number of rotatable bonds is 6. The van der Waals surface area contributed by atoms with Crippen LogP contribution >= 0.6 is 11.8 Å². The van der Waals surface area contributed by atoms with Gasteiger partial charge in [-0.15, -0.1) is 11.8 Å². The predicted octanol–water partition coefficient (Wildman–Crippen LogP) is 2.74. The van der Waals surface area contributed by atoms with Gasteiger partial charge in [0.1, 0.15) is 6.54 Å². The number of carbonyl (C=O) groups excluding carboxylic acids is 1. The average molecular weight is 448 g/mol. The van der Waals surface area contributed by atoms with Crippen molar-refractivity contribution in [3.63, 3.8) is 0 Å². The van der Waals surface area contributed by atoms with Crippen LogP contribution in [0.4, 0.5) is 5.69 Å². The number of benzene rings is 2. The van der Waals surface area contributed by atoms with Crippen molar-refractivity contribution in [2.24, 2.45) is 0 Å². The smallest absolute Gasteiger partial charge is 0.408 e. The average Bonchev–Trinajstić information content (AvgIpc) is 3.37. The summed E-state index contributed by atoms with van der Waals surface area (Å²) in [5.74, 6) is -1.10. The van der Waals surface area contributed by atoms with Crippen molar-refractivity contribution in [3.8, 4) is 0 Å². The van der Waals surface area contributed by atoms with Gasteiger partial charge in [-0.05, 0) is 49.4 Å². The third-order valence-corrected chi connectivity index (χ3v) is 7.62. The van der Waals surface area contributed by atoms with Gasteiger partial charge >= 0.3 is 5.76 Å². The highest BCUT2D eigenvalue weighted by Gasteiger charge is 2.28. The van der Waals surface area contributed by atoms with Crippen molar-refractivity contribution in [3.05, 3.63) is 53.0 Å². The van der Waals surface area contributed by atoms with Crippen LogP contribution in [0.3, 0.4) is 0 Å². The van der Waals surface area contributed by atoms with Gasteiger partial charge < -0.3 is 9.73 Å². The van der Waals surface area contributed by atoms with Crippen LogP contribution in [0.15, 0.2) is 61.5 Å². The highest BCUT2D eigenvalue weighted by atomic mass is 32.2. The molecule has 4 rings (SSSR count). The van der Waals surface area contributed by atoms with Crippen LogP contribution < -0.4 is 11.1 Å². The fraction of sp³-hybridized carbons (Fsp3) is 0.300. The molecule has 8 nitrogen and oxygen atoms in total. The van der Waals surface area contributed by atoms with E-state index < -0.39 is 15.8 Å². The van der Waals surface area contributed by atoms with Gasteiger partial charge in [-0.3, -0.25) is 9.36 Å². The number of nitrogens with one attached hydrogen (secondary N) is 1. The predicted molar refractivity (Wildman–Crippen MR) is 115 cm³/mol. The minimum atomic E-state index is -3.62. The molecule has 1 aliphatic rings. The quantitative estimate of drug-likeness (QED) is 0.583. The summed E-state index contributed by atoms with van der Waals surface area (Å²) in [6, 6.07) is 11.7. The monoisotopic (exact) mass is 447 g/mol. The largest absolute Gasteiger partial charge is 0.420 e. The number of sulfonamides is 1. The maximum Gasteiger partial charge on any atom is 0.420 e. The van der Waals surface area contributed by atoms with Gasteiger partial charge in [-0.25, -0.2) is 13.2 Å². The number of fused-ring (bicyclic) bond motifs is 1. The normalized spacial score (nSPS) is 15.0. The maximum atomic E-state index is 12.7. The van der Waals surface area contributed by atoms with E-state index in [4.69, 9.17) is 4.42 Å². The van der Waals surface area contributed by atoms with E-state index in [1.807, 2.05) is 24.5 Å². The Morgan fingerprint density at radius 2 is 1.93 bits per heavy atom. The lowest BCUT2D eigenvalue weighted by Gasteiger charge is -2.15. The van der Waals surface area contributed by atoms with Gasteiger partial charge in [-0.1, -0.05) is 6.07 Å². The number of nitrogens with zero attached hydrogens (tertiary/aromatic N) is 2. The highest BCUT2D eigenvalue weighted by molar-refractivity contribution is 7.98. The Morgan fingerprint density at radius 1 is 1.17 bits per heavy atom. The van der Waals surface area contributed by atoms with Gasteiger partial charge in [0.25, 0.3) is 0 Å². The van der Waals surface area contributed by atoms with Crippen LogP contribution in [-0.4, -0.2) is 42.5 Å². The molecule has 1 aliphatic heterocycles. The molecule has 1 saturated heterocycles. The molecule has 158 valence electrons. The Morgan fingerprint density at radius 3 is 2.67 bits per heavy atom. The van der Waals surface area contributed by atoms with Crippen molar-refractivity contribution in [1.29, 1.82) is 0 Å². The van der Waals surface area contributed by atoms with Crippen LogP contribution in [0, 0.1) is 0 Å². The first kappa shape index (κ1) is 20.7. The fourth-order valence-electron chi connectivity index (χ4n) is 3.48. The number of aromatic nitrogens is 1. The molecule has 0 atom stereocenters. The van der Waals surface area contributed by atoms with E-state index in [0.717, 1.165) is 17.7 Å². The maximum absolute atomic E-state index is 12.7. The second-order valence-electron chi connectivity index (χ2n) is 6.97. The van der Waals surface area contributed by atoms with E-state index in [1.54, 1.807) is 17.8 Å². The van der Waals surface area contributed by atoms with Crippen molar-refractivity contribution in [1.82, 2.24) is 8.87 Å². The Labute approximate surface area is 177 Å². The zero-order valence-electron chi connectivity index (χ0n) is 16.3. The summed E-state index contributed by atoms with van der Waals surface area (Å²) >= 11 is 1.56. The molecule has 1 amide bonds. The summed E-state index contributed by atoms with van der Waals surface area (Å²) in [5, 5.41) is 2.76. The highest BCUT2D eigenvalue weighted by Crippen LogP contribution is 2.24. The lowest BCUT2D eigenvalue weighted by atomic mass is 10.3. The number of thioether (sulfide) groups is 1. The molecule has 0 saturated carbocycles. The third kappa shape index (κ3) is 4.03. The summed E-state index contributed by atoms with van der Waals surface area (Å²) in [7, 11) is -3.62. The summed E-state index contributed by atoms with van der Waals surface area (Å²) in [4.78, 5) is 25.8. The molecule has 1 fully saturated rings. The van der Waals surface area contributed by atoms with Crippen molar-refractivity contribution in [2.45, 2.75) is 29.2 Å². The summed E-state index contributed by atoms with van der Waals surface area (Å²) < 4.78 is 33.3. The first-order valence-electron chi connectivity index (χ1n) is 9.46. The van der Waals surface area contributed by atoms with Crippen molar-refractivity contribution < 1.29 is 17.6 Å². The fourth-order valence-corrected chi connectivity index (χ4v) is 5.47. The Bertz CT molecular complexity index is 1260. The van der Waals surface area contributed by atoms with Gasteiger partial charge in [0.05, 0.1) is 10.4 Å². The molecule has 10 heteroatoms. The lowest BCUT2D eigenvalue weighted by Crippen LogP contribution is -2.27. The van der Waals surface area contributed by atoms with Crippen LogP contribution in [0.25, 0.3) is 11.1 Å². The van der Waals surface area contributed by atoms with Gasteiger partial charge in [-0.2, -0.15) is 4.31 Å². The molecule has 0 bridgehead atoms. The molecule has 30 heavy (non-hydrogen) atoms. The third-order valence-electron chi connectivity index (χ3n) is 5.00. The molecule has 2 aromatic carbocycles. The molecular formula is C20H21N3O5S2. The van der Waals surface area contributed by atoms with E-state index in [9.17, 15) is 18.0 Å². The van der Waals surface area contributed by atoms with Crippen molar-refractivity contribution >= 4 is 44.5 Å². The lowest BCUT2D eigenvalue weighted by molar-refractivity contribution is -0.116. The van der Waals surface area contributed by atoms with E-state index >= 15 is 0 Å². The number of carbonyl (C=O) groups is 1. The first-order valence-corrected chi connectivity index (χ1v) is 12.1. The van der Waals surface area contributed by atoms with E-state index in [2.05, 4.69) is 5.32 Å². The summed E-state index contributed by atoms with van der Waals surface area (Å²) in [6.45, 7) is 0.736. The number of hydrogen-bond donors (Lipinski definition) is 1. The molecule has 3 aromatic rings. The zero-order chi connectivity index (χ0) is 21.3. The van der Waals surface area contributed by atoms with E-state index in [0.29, 0.717) is 24.3 Å². The number of hydrogen-bond acceptors (Lipinski definition) is 6. The van der Waals surface area contributed by atoms with Crippen LogP contribution in [0.2, 0.25) is 0 Å². The molecular weight excluding hydrogens is 426 g/mol. The molecule has 0 unspecified atom stereocenters.